The van der Waals surface area contributed by atoms with Crippen LogP contribution in [0.3, 0.4) is 0 Å². The lowest BCUT2D eigenvalue weighted by Gasteiger charge is -2.03. The summed E-state index contributed by atoms with van der Waals surface area (Å²) in [6, 6.07) is 16.9. The van der Waals surface area contributed by atoms with E-state index in [1.165, 1.54) is 18.0 Å². The molecule has 0 radical (unpaired) electrons. The van der Waals surface area contributed by atoms with E-state index in [9.17, 15) is 4.79 Å². The number of rotatable bonds is 6. The van der Waals surface area contributed by atoms with E-state index in [1.54, 1.807) is 11.8 Å². The van der Waals surface area contributed by atoms with Crippen molar-refractivity contribution in [2.75, 3.05) is 7.11 Å². The number of hydrogen-bond donors (Lipinski definition) is 1. The van der Waals surface area contributed by atoms with Gasteiger partial charge in [0.1, 0.15) is 11.1 Å². The van der Waals surface area contributed by atoms with Crippen molar-refractivity contribution in [1.82, 2.24) is 29.9 Å². The van der Waals surface area contributed by atoms with Gasteiger partial charge in [-0.2, -0.15) is 10.1 Å². The quantitative estimate of drug-likeness (QED) is 0.321. The number of methoxy groups -OCH3 is 1. The average molecular weight is 432 g/mol. The van der Waals surface area contributed by atoms with Crippen molar-refractivity contribution in [1.29, 1.82) is 0 Å². The smallest absolute Gasteiger partial charge is 0.262 e. The fourth-order valence-electron chi connectivity index (χ4n) is 3.03. The van der Waals surface area contributed by atoms with Crippen LogP contribution in [-0.4, -0.2) is 37.0 Å². The number of ether oxygens (including phenoxy) is 1. The first-order valence-electron chi connectivity index (χ1n) is 9.34. The molecule has 9 nitrogen and oxygen atoms in total. The van der Waals surface area contributed by atoms with Gasteiger partial charge in [0.05, 0.1) is 24.7 Å². The Balaban J connectivity index is 1.37. The van der Waals surface area contributed by atoms with Crippen LogP contribution in [-0.2, 0) is 5.75 Å². The summed E-state index contributed by atoms with van der Waals surface area (Å²) in [7, 11) is 1.61. The number of hydrogen-bond acceptors (Lipinski definition) is 8. The zero-order valence-corrected chi connectivity index (χ0v) is 17.2. The van der Waals surface area contributed by atoms with Gasteiger partial charge in [-0.3, -0.25) is 4.79 Å². The number of para-hydroxylation sites is 1. The van der Waals surface area contributed by atoms with Crippen LogP contribution in [0.4, 0.5) is 0 Å². The highest BCUT2D eigenvalue weighted by atomic mass is 32.2. The predicted molar refractivity (Wildman–Crippen MR) is 115 cm³/mol. The van der Waals surface area contributed by atoms with Crippen molar-refractivity contribution in [2.45, 2.75) is 10.9 Å². The number of nitrogens with one attached hydrogen (secondary N) is 1. The van der Waals surface area contributed by atoms with Gasteiger partial charge in [-0.25, -0.2) is 9.67 Å². The van der Waals surface area contributed by atoms with Gasteiger partial charge in [0, 0.05) is 5.56 Å². The van der Waals surface area contributed by atoms with E-state index >= 15 is 0 Å². The highest BCUT2D eigenvalue weighted by Gasteiger charge is 2.14. The molecule has 0 saturated heterocycles. The lowest BCUT2D eigenvalue weighted by Crippen LogP contribution is -2.09. The second-order valence-corrected chi connectivity index (χ2v) is 7.49. The Hall–Kier alpha value is -3.92. The third-order valence-electron chi connectivity index (χ3n) is 4.57. The van der Waals surface area contributed by atoms with Crippen molar-refractivity contribution in [3.63, 3.8) is 0 Å². The standard InChI is InChI=1S/C21H16N6O3S/c1-29-15-9-7-13(8-10-15)18-23-17(30-26-18)12-31-21-24-19-16(20(28)25-21)11-22-27(19)14-5-3-2-4-6-14/h2-11H,12H2,1H3,(H,24,25,28). The summed E-state index contributed by atoms with van der Waals surface area (Å²) < 4.78 is 12.1. The van der Waals surface area contributed by atoms with Gasteiger partial charge >= 0.3 is 0 Å². The predicted octanol–water partition coefficient (Wildman–Crippen LogP) is 3.46. The van der Waals surface area contributed by atoms with Gasteiger partial charge in [0.2, 0.25) is 11.7 Å². The lowest BCUT2D eigenvalue weighted by molar-refractivity contribution is 0.391. The van der Waals surface area contributed by atoms with Crippen molar-refractivity contribution in [3.8, 4) is 22.8 Å². The Morgan fingerprint density at radius 2 is 1.90 bits per heavy atom. The van der Waals surface area contributed by atoms with Crippen molar-refractivity contribution in [3.05, 3.63) is 77.0 Å². The summed E-state index contributed by atoms with van der Waals surface area (Å²) in [6.45, 7) is 0. The molecule has 3 aromatic heterocycles. The van der Waals surface area contributed by atoms with E-state index in [0.29, 0.717) is 33.7 Å². The van der Waals surface area contributed by atoms with E-state index in [0.717, 1.165) is 17.0 Å². The molecular weight excluding hydrogens is 416 g/mol. The Kier molecular flexibility index (Phi) is 4.97. The van der Waals surface area contributed by atoms with Gasteiger partial charge in [-0.15, -0.1) is 0 Å². The molecule has 5 rings (SSSR count). The molecule has 3 heterocycles. The van der Waals surface area contributed by atoms with Crippen molar-refractivity contribution < 1.29 is 9.26 Å². The van der Waals surface area contributed by atoms with E-state index in [4.69, 9.17) is 9.26 Å². The van der Waals surface area contributed by atoms with Gasteiger partial charge in [0.25, 0.3) is 5.56 Å². The molecule has 31 heavy (non-hydrogen) atoms. The first-order valence-corrected chi connectivity index (χ1v) is 10.3. The van der Waals surface area contributed by atoms with Gasteiger partial charge in [-0.05, 0) is 36.4 Å². The molecule has 0 amide bonds. The molecule has 10 heteroatoms. The zero-order valence-electron chi connectivity index (χ0n) is 16.3. The summed E-state index contributed by atoms with van der Waals surface area (Å²) in [5.41, 5.74) is 1.88. The maximum absolute atomic E-state index is 12.5. The first kappa shape index (κ1) is 19.1. The number of nitrogens with zero attached hydrogens (tertiary/aromatic N) is 5. The minimum atomic E-state index is -0.251. The molecule has 0 unspecified atom stereocenters. The second-order valence-electron chi connectivity index (χ2n) is 6.53. The fourth-order valence-corrected chi connectivity index (χ4v) is 3.72. The molecule has 1 N–H and O–H groups in total. The largest absolute Gasteiger partial charge is 0.497 e. The van der Waals surface area contributed by atoms with Crippen LogP contribution in [0, 0.1) is 0 Å². The molecule has 0 bridgehead atoms. The highest BCUT2D eigenvalue weighted by molar-refractivity contribution is 7.98. The SMILES string of the molecule is COc1ccc(-c2noc(CSc3nc4c(cnn4-c4ccccc4)c(=O)[nH]3)n2)cc1. The van der Waals surface area contributed by atoms with Gasteiger partial charge in [-0.1, -0.05) is 35.1 Å². The van der Waals surface area contributed by atoms with Crippen LogP contribution < -0.4 is 10.3 Å². The van der Waals surface area contributed by atoms with Crippen LogP contribution in [0.1, 0.15) is 5.89 Å². The van der Waals surface area contributed by atoms with E-state index in [2.05, 4.69) is 25.2 Å². The Bertz CT molecular complexity index is 1390. The topological polar surface area (TPSA) is 112 Å². The van der Waals surface area contributed by atoms with Gasteiger partial charge < -0.3 is 14.2 Å². The van der Waals surface area contributed by atoms with E-state index in [-0.39, 0.29) is 5.56 Å². The zero-order chi connectivity index (χ0) is 21.2. The minimum Gasteiger partial charge on any atom is -0.497 e. The third-order valence-corrected chi connectivity index (χ3v) is 5.42. The number of benzene rings is 2. The first-order chi connectivity index (χ1) is 15.2. The molecule has 0 aliphatic rings. The molecule has 0 aliphatic carbocycles. The summed E-state index contributed by atoms with van der Waals surface area (Å²) >= 11 is 1.30. The van der Waals surface area contributed by atoms with Crippen LogP contribution in [0.15, 0.2) is 75.3 Å². The molecule has 154 valence electrons. The number of H-pyrrole nitrogens is 1. The molecule has 0 aliphatic heterocycles. The summed E-state index contributed by atoms with van der Waals surface area (Å²) in [5, 5.41) is 9.20. The van der Waals surface area contributed by atoms with Crippen LogP contribution in [0.2, 0.25) is 0 Å². The normalized spacial score (nSPS) is 11.1. The van der Waals surface area contributed by atoms with Crippen LogP contribution in [0.5, 0.6) is 5.75 Å². The number of aromatic nitrogens is 6. The average Bonchev–Trinajstić information content (AvgIpc) is 3.46. The van der Waals surface area contributed by atoms with Crippen LogP contribution >= 0.6 is 11.8 Å². The molecule has 0 saturated carbocycles. The Morgan fingerprint density at radius 3 is 2.68 bits per heavy atom. The van der Waals surface area contributed by atoms with Crippen LogP contribution in [0.25, 0.3) is 28.1 Å². The van der Waals surface area contributed by atoms with Crippen molar-refractivity contribution >= 4 is 22.8 Å². The highest BCUT2D eigenvalue weighted by Crippen LogP contribution is 2.23. The number of thioether (sulfide) groups is 1. The minimum absolute atomic E-state index is 0.251. The number of aromatic amines is 1. The Morgan fingerprint density at radius 1 is 1.10 bits per heavy atom. The molecule has 2 aromatic carbocycles. The summed E-state index contributed by atoms with van der Waals surface area (Å²) in [4.78, 5) is 24.2. The third kappa shape index (κ3) is 3.80. The lowest BCUT2D eigenvalue weighted by atomic mass is 10.2. The molecule has 5 aromatic rings. The maximum atomic E-state index is 12.5. The molecule has 0 fully saturated rings. The second kappa shape index (κ2) is 8.07. The van der Waals surface area contributed by atoms with Gasteiger partial charge in [0.15, 0.2) is 10.8 Å². The summed E-state index contributed by atoms with van der Waals surface area (Å²) in [5.74, 6) is 2.02. The fraction of sp³-hybridized carbons (Fsp3) is 0.0952. The van der Waals surface area contributed by atoms with E-state index < -0.39 is 0 Å². The number of fused-ring (bicyclic) bond motifs is 1. The monoisotopic (exact) mass is 432 g/mol. The molecular formula is C21H16N6O3S. The Labute approximate surface area is 180 Å². The summed E-state index contributed by atoms with van der Waals surface area (Å²) in [6.07, 6.45) is 1.52. The van der Waals surface area contributed by atoms with Crippen molar-refractivity contribution in [2.24, 2.45) is 0 Å². The maximum Gasteiger partial charge on any atom is 0.262 e. The molecule has 0 spiro atoms. The van der Waals surface area contributed by atoms with E-state index in [1.807, 2.05) is 54.6 Å². The molecule has 0 atom stereocenters.